The van der Waals surface area contributed by atoms with Crippen LogP contribution in [0, 0.1) is 12.8 Å². The molecule has 1 aromatic carbocycles. The Hall–Kier alpha value is -2.15. The molecule has 3 rings (SSSR count). The summed E-state index contributed by atoms with van der Waals surface area (Å²) in [5.41, 5.74) is 2.51. The Kier molecular flexibility index (Phi) is 5.93. The Morgan fingerprint density at radius 2 is 1.96 bits per heavy atom. The van der Waals surface area contributed by atoms with Gasteiger partial charge in [0.05, 0.1) is 24.2 Å². The summed E-state index contributed by atoms with van der Waals surface area (Å²) in [6.45, 7) is 8.53. The Balaban J connectivity index is 1.95. The van der Waals surface area contributed by atoms with Gasteiger partial charge in [-0.25, -0.2) is 13.4 Å². The van der Waals surface area contributed by atoms with Crippen LogP contribution in [0.5, 0.6) is 0 Å². The lowest BCUT2D eigenvalue weighted by Gasteiger charge is -2.22. The van der Waals surface area contributed by atoms with E-state index in [1.165, 1.54) is 0 Å². The van der Waals surface area contributed by atoms with Crippen LogP contribution in [0.4, 0.5) is 0 Å². The lowest BCUT2D eigenvalue weighted by atomic mass is 10.1. The third-order valence-corrected chi connectivity index (χ3v) is 6.63. The highest BCUT2D eigenvalue weighted by molar-refractivity contribution is 7.90. The third-order valence-electron chi connectivity index (χ3n) is 5.06. The molecule has 0 atom stereocenters. The Labute approximate surface area is 167 Å². The van der Waals surface area contributed by atoms with E-state index < -0.39 is 9.84 Å². The van der Waals surface area contributed by atoms with Gasteiger partial charge in [0, 0.05) is 19.5 Å². The van der Waals surface area contributed by atoms with E-state index in [0.717, 1.165) is 29.7 Å². The van der Waals surface area contributed by atoms with Gasteiger partial charge in [-0.15, -0.1) is 0 Å². The molecule has 0 aliphatic heterocycles. The Bertz CT molecular complexity index is 959. The maximum absolute atomic E-state index is 13.2. The summed E-state index contributed by atoms with van der Waals surface area (Å²) in [6, 6.07) is 7.78. The van der Waals surface area contributed by atoms with Crippen LogP contribution in [-0.4, -0.2) is 34.8 Å². The van der Waals surface area contributed by atoms with E-state index in [4.69, 9.17) is 0 Å². The van der Waals surface area contributed by atoms with Gasteiger partial charge in [-0.05, 0) is 36.8 Å². The van der Waals surface area contributed by atoms with Crippen molar-refractivity contribution in [2.75, 3.05) is 0 Å². The number of aromatic nitrogens is 2. The average Bonchev–Trinajstić information content (AvgIpc) is 3.36. The second kappa shape index (κ2) is 8.07. The van der Waals surface area contributed by atoms with E-state index in [9.17, 15) is 13.2 Å². The first-order chi connectivity index (χ1) is 13.2. The zero-order valence-corrected chi connectivity index (χ0v) is 17.9. The summed E-state index contributed by atoms with van der Waals surface area (Å²) in [7, 11) is -3.60. The quantitative estimate of drug-likeness (QED) is 0.678. The molecule has 0 unspecified atom stereocenters. The highest BCUT2D eigenvalue weighted by atomic mass is 32.2. The molecular formula is C21H29N3O3S. The first-order valence-corrected chi connectivity index (χ1v) is 11.4. The number of aryl methyl sites for hydroxylation is 1. The molecule has 7 heteroatoms. The number of rotatable bonds is 8. The van der Waals surface area contributed by atoms with E-state index in [0.29, 0.717) is 13.1 Å². The number of hydrogen-bond donors (Lipinski definition) is 0. The zero-order chi connectivity index (χ0) is 20.5. The summed E-state index contributed by atoms with van der Waals surface area (Å²) in [5, 5.41) is 0.0961. The van der Waals surface area contributed by atoms with E-state index in [1.54, 1.807) is 17.7 Å². The molecule has 0 bridgehead atoms. The van der Waals surface area contributed by atoms with Crippen molar-refractivity contribution in [2.24, 2.45) is 5.92 Å². The largest absolute Gasteiger partial charge is 0.334 e. The summed E-state index contributed by atoms with van der Waals surface area (Å²) in [6.07, 6.45) is 3.64. The molecule has 0 spiro atoms. The highest BCUT2D eigenvalue weighted by Gasteiger charge is 2.32. The molecule has 0 N–H and O–H groups in total. The van der Waals surface area contributed by atoms with Gasteiger partial charge in [0.2, 0.25) is 20.9 Å². The molecule has 2 aromatic rings. The standard InChI is InChI=1S/C21H29N3O3S/c1-15(2)12-24-20(13-23(17(4)25)19-9-10-19)11-22-21(24)28(26,27)14-18-8-6-5-7-16(18)3/h5-8,11,15,19H,9-10,12-14H2,1-4H3. The van der Waals surface area contributed by atoms with Gasteiger partial charge in [-0.3, -0.25) is 4.79 Å². The second-order valence-electron chi connectivity index (χ2n) is 8.10. The number of nitrogens with zero attached hydrogens (tertiary/aromatic N) is 3. The number of sulfone groups is 1. The minimum atomic E-state index is -3.60. The Morgan fingerprint density at radius 1 is 1.29 bits per heavy atom. The fraction of sp³-hybridized carbons (Fsp3) is 0.524. The van der Waals surface area contributed by atoms with E-state index >= 15 is 0 Å². The van der Waals surface area contributed by atoms with Crippen LogP contribution >= 0.6 is 0 Å². The molecule has 0 radical (unpaired) electrons. The van der Waals surface area contributed by atoms with Crippen molar-refractivity contribution in [1.82, 2.24) is 14.5 Å². The van der Waals surface area contributed by atoms with Crippen molar-refractivity contribution in [3.05, 3.63) is 47.3 Å². The van der Waals surface area contributed by atoms with Gasteiger partial charge >= 0.3 is 0 Å². The number of carbonyl (C=O) groups is 1. The summed E-state index contributed by atoms with van der Waals surface area (Å²) in [5.74, 6) is 0.198. The van der Waals surface area contributed by atoms with Gasteiger partial charge in [0.15, 0.2) is 0 Å². The van der Waals surface area contributed by atoms with Crippen molar-refractivity contribution in [3.8, 4) is 0 Å². The van der Waals surface area contributed by atoms with Crippen molar-refractivity contribution < 1.29 is 13.2 Å². The first kappa shape index (κ1) is 20.6. The minimum absolute atomic E-state index is 0.0177. The molecule has 28 heavy (non-hydrogen) atoms. The van der Waals surface area contributed by atoms with Gasteiger partial charge in [0.25, 0.3) is 0 Å². The van der Waals surface area contributed by atoms with Crippen molar-refractivity contribution in [3.63, 3.8) is 0 Å². The molecule has 1 heterocycles. The summed E-state index contributed by atoms with van der Waals surface area (Å²) in [4.78, 5) is 18.1. The van der Waals surface area contributed by atoms with Crippen molar-refractivity contribution >= 4 is 15.7 Å². The van der Waals surface area contributed by atoms with Crippen molar-refractivity contribution in [1.29, 1.82) is 0 Å². The lowest BCUT2D eigenvalue weighted by Crippen LogP contribution is -2.31. The molecule has 1 amide bonds. The zero-order valence-electron chi connectivity index (χ0n) is 17.1. The molecule has 1 fully saturated rings. The molecule has 1 aromatic heterocycles. The smallest absolute Gasteiger partial charge is 0.228 e. The number of imidazole rings is 1. The number of hydrogen-bond acceptors (Lipinski definition) is 4. The van der Waals surface area contributed by atoms with Crippen LogP contribution in [0.3, 0.4) is 0 Å². The molecule has 0 saturated heterocycles. The van der Waals surface area contributed by atoms with Gasteiger partial charge < -0.3 is 9.47 Å². The fourth-order valence-electron chi connectivity index (χ4n) is 3.43. The lowest BCUT2D eigenvalue weighted by molar-refractivity contribution is -0.130. The topological polar surface area (TPSA) is 72.3 Å². The van der Waals surface area contributed by atoms with Gasteiger partial charge in [-0.1, -0.05) is 38.1 Å². The highest BCUT2D eigenvalue weighted by Crippen LogP contribution is 2.29. The second-order valence-corrected chi connectivity index (χ2v) is 9.98. The van der Waals surface area contributed by atoms with E-state index in [1.807, 2.05) is 49.9 Å². The predicted molar refractivity (Wildman–Crippen MR) is 108 cm³/mol. The van der Waals surface area contributed by atoms with Crippen molar-refractivity contribution in [2.45, 2.75) is 70.6 Å². The average molecular weight is 404 g/mol. The Morgan fingerprint density at radius 3 is 2.54 bits per heavy atom. The first-order valence-electron chi connectivity index (χ1n) is 9.78. The number of benzene rings is 1. The molecule has 1 aliphatic carbocycles. The minimum Gasteiger partial charge on any atom is -0.334 e. The third kappa shape index (κ3) is 4.63. The molecular weight excluding hydrogens is 374 g/mol. The number of amides is 1. The van der Waals surface area contributed by atoms with Crippen LogP contribution < -0.4 is 0 Å². The monoisotopic (exact) mass is 403 g/mol. The fourth-order valence-corrected chi connectivity index (χ4v) is 5.03. The number of carbonyl (C=O) groups excluding carboxylic acids is 1. The molecule has 6 nitrogen and oxygen atoms in total. The predicted octanol–water partition coefficient (Wildman–Crippen LogP) is 3.33. The molecule has 1 saturated carbocycles. The maximum atomic E-state index is 13.2. The SMILES string of the molecule is CC(=O)N(Cc1cnc(S(=O)(=O)Cc2ccccc2C)n1CC(C)C)C1CC1. The van der Waals surface area contributed by atoms with Crippen LogP contribution in [0.25, 0.3) is 0 Å². The molecule has 1 aliphatic rings. The van der Waals surface area contributed by atoms with Crippen LogP contribution in [0.1, 0.15) is 50.4 Å². The van der Waals surface area contributed by atoms with Crippen LogP contribution in [0.15, 0.2) is 35.6 Å². The van der Waals surface area contributed by atoms with Gasteiger partial charge in [-0.2, -0.15) is 0 Å². The summed E-state index contributed by atoms with van der Waals surface area (Å²) >= 11 is 0. The van der Waals surface area contributed by atoms with E-state index in [2.05, 4.69) is 4.98 Å². The normalized spacial score (nSPS) is 14.5. The van der Waals surface area contributed by atoms with Gasteiger partial charge in [0.1, 0.15) is 0 Å². The van der Waals surface area contributed by atoms with Crippen LogP contribution in [-0.2, 0) is 33.5 Å². The maximum Gasteiger partial charge on any atom is 0.228 e. The molecule has 152 valence electrons. The van der Waals surface area contributed by atoms with Crippen LogP contribution in [0.2, 0.25) is 0 Å². The van der Waals surface area contributed by atoms with E-state index in [-0.39, 0.29) is 28.8 Å². The summed E-state index contributed by atoms with van der Waals surface area (Å²) < 4.78 is 28.1.